The second-order valence-corrected chi connectivity index (χ2v) is 6.46. The molecule has 0 radical (unpaired) electrons. The van der Waals surface area contributed by atoms with Gasteiger partial charge in [-0.05, 0) is 43.9 Å². The van der Waals surface area contributed by atoms with E-state index in [-0.39, 0.29) is 11.8 Å². The minimum absolute atomic E-state index is 0.00686. The van der Waals surface area contributed by atoms with Crippen molar-refractivity contribution in [3.8, 4) is 0 Å². The number of hydrogen-bond donors (Lipinski definition) is 0. The molecule has 1 saturated heterocycles. The number of nitrogens with zero attached hydrogens (tertiary/aromatic N) is 3. The van der Waals surface area contributed by atoms with Gasteiger partial charge in [0.15, 0.2) is 5.82 Å². The van der Waals surface area contributed by atoms with Crippen LogP contribution in [0.2, 0.25) is 0 Å². The van der Waals surface area contributed by atoms with Gasteiger partial charge in [0, 0.05) is 24.6 Å². The zero-order valence-corrected chi connectivity index (χ0v) is 12.9. The molecule has 1 saturated carbocycles. The molecule has 2 aromatic rings. The molecule has 2 fully saturated rings. The predicted octanol–water partition coefficient (Wildman–Crippen LogP) is 3.08. The molecule has 1 atom stereocenters. The summed E-state index contributed by atoms with van der Waals surface area (Å²) in [6, 6.07) is 6.19. The first-order valence-corrected chi connectivity index (χ1v) is 7.83. The van der Waals surface area contributed by atoms with Crippen molar-refractivity contribution in [1.29, 1.82) is 0 Å². The number of carbonyl (C=O) groups is 1. The van der Waals surface area contributed by atoms with Gasteiger partial charge in [0.2, 0.25) is 11.8 Å². The lowest BCUT2D eigenvalue weighted by Crippen LogP contribution is -2.25. The summed E-state index contributed by atoms with van der Waals surface area (Å²) >= 11 is 0. The van der Waals surface area contributed by atoms with Gasteiger partial charge >= 0.3 is 0 Å². The van der Waals surface area contributed by atoms with E-state index in [1.54, 1.807) is 0 Å². The van der Waals surface area contributed by atoms with E-state index in [4.69, 9.17) is 4.52 Å². The number of aryl methyl sites for hydroxylation is 2. The van der Waals surface area contributed by atoms with Crippen molar-refractivity contribution in [3.05, 3.63) is 41.0 Å². The van der Waals surface area contributed by atoms with Crippen LogP contribution in [0.25, 0.3) is 0 Å². The van der Waals surface area contributed by atoms with E-state index in [0.29, 0.717) is 24.8 Å². The monoisotopic (exact) mass is 297 g/mol. The summed E-state index contributed by atoms with van der Waals surface area (Å²) in [4.78, 5) is 18.8. The Bertz CT molecular complexity index is 733. The maximum absolute atomic E-state index is 12.4. The van der Waals surface area contributed by atoms with Crippen molar-refractivity contribution >= 4 is 11.6 Å². The number of amides is 1. The van der Waals surface area contributed by atoms with Crippen molar-refractivity contribution in [3.63, 3.8) is 0 Å². The summed E-state index contributed by atoms with van der Waals surface area (Å²) < 4.78 is 5.40. The summed E-state index contributed by atoms with van der Waals surface area (Å²) in [6.45, 7) is 4.70. The van der Waals surface area contributed by atoms with Crippen LogP contribution in [0, 0.1) is 13.8 Å². The summed E-state index contributed by atoms with van der Waals surface area (Å²) in [7, 11) is 0. The maximum Gasteiger partial charge on any atom is 0.232 e. The van der Waals surface area contributed by atoms with Crippen molar-refractivity contribution < 1.29 is 9.32 Å². The molecule has 1 aliphatic carbocycles. The van der Waals surface area contributed by atoms with Crippen molar-refractivity contribution in [2.75, 3.05) is 11.4 Å². The fraction of sp³-hybridized carbons (Fsp3) is 0.471. The van der Waals surface area contributed by atoms with Crippen LogP contribution < -0.4 is 4.90 Å². The third kappa shape index (κ3) is 2.30. The van der Waals surface area contributed by atoms with E-state index >= 15 is 0 Å². The summed E-state index contributed by atoms with van der Waals surface area (Å²) in [5, 5.41) is 4.06. The van der Waals surface area contributed by atoms with Gasteiger partial charge in [-0.3, -0.25) is 4.79 Å². The van der Waals surface area contributed by atoms with Gasteiger partial charge in [-0.15, -0.1) is 0 Å². The van der Waals surface area contributed by atoms with E-state index in [2.05, 4.69) is 28.3 Å². The van der Waals surface area contributed by atoms with Crippen molar-refractivity contribution in [1.82, 2.24) is 10.1 Å². The average Bonchev–Trinajstić information content (AvgIpc) is 3.10. The molecule has 0 N–H and O–H groups in total. The Morgan fingerprint density at radius 2 is 2.05 bits per heavy atom. The Labute approximate surface area is 129 Å². The molecule has 5 nitrogen and oxygen atoms in total. The SMILES string of the molecule is Cc1ccc(C)c(N2C[C@@H](c3nc(C4CC4)no3)CC2=O)c1. The lowest BCUT2D eigenvalue weighted by atomic mass is 10.1. The molecule has 2 heterocycles. The summed E-state index contributed by atoms with van der Waals surface area (Å²) in [6.07, 6.45) is 2.74. The lowest BCUT2D eigenvalue weighted by molar-refractivity contribution is -0.117. The van der Waals surface area contributed by atoms with Crippen molar-refractivity contribution in [2.24, 2.45) is 0 Å². The molecule has 1 aromatic carbocycles. The minimum Gasteiger partial charge on any atom is -0.339 e. The highest BCUT2D eigenvalue weighted by molar-refractivity contribution is 5.97. The van der Waals surface area contributed by atoms with E-state index < -0.39 is 0 Å². The van der Waals surface area contributed by atoms with Crippen LogP contribution in [0.4, 0.5) is 5.69 Å². The normalized spacial score (nSPS) is 21.6. The maximum atomic E-state index is 12.4. The highest BCUT2D eigenvalue weighted by Gasteiger charge is 2.37. The van der Waals surface area contributed by atoms with E-state index in [0.717, 1.165) is 35.5 Å². The fourth-order valence-electron chi connectivity index (χ4n) is 3.04. The van der Waals surface area contributed by atoms with Crippen LogP contribution in [0.15, 0.2) is 22.7 Å². The third-order valence-electron chi connectivity index (χ3n) is 4.53. The molecule has 0 unspecified atom stereocenters. The molecule has 114 valence electrons. The standard InChI is InChI=1S/C17H19N3O2/c1-10-3-4-11(2)14(7-10)20-9-13(8-15(20)21)17-18-16(19-22-17)12-5-6-12/h3-4,7,12-13H,5-6,8-9H2,1-2H3/t13-/m0/s1. The Kier molecular flexibility index (Phi) is 3.03. The summed E-state index contributed by atoms with van der Waals surface area (Å²) in [5.41, 5.74) is 3.27. The average molecular weight is 297 g/mol. The molecule has 0 bridgehead atoms. The van der Waals surface area contributed by atoms with Gasteiger partial charge in [-0.1, -0.05) is 17.3 Å². The molecular weight excluding hydrogens is 278 g/mol. The van der Waals surface area contributed by atoms with E-state index in [1.807, 2.05) is 18.7 Å². The molecule has 1 aromatic heterocycles. The van der Waals surface area contributed by atoms with Gasteiger partial charge in [-0.25, -0.2) is 0 Å². The number of aromatic nitrogens is 2. The van der Waals surface area contributed by atoms with E-state index in [1.165, 1.54) is 0 Å². The molecule has 22 heavy (non-hydrogen) atoms. The van der Waals surface area contributed by atoms with Crippen LogP contribution >= 0.6 is 0 Å². The van der Waals surface area contributed by atoms with Crippen LogP contribution in [-0.4, -0.2) is 22.6 Å². The largest absolute Gasteiger partial charge is 0.339 e. The van der Waals surface area contributed by atoms with Crippen LogP contribution in [0.5, 0.6) is 0 Å². The third-order valence-corrected chi connectivity index (χ3v) is 4.53. The number of anilines is 1. The molecule has 0 spiro atoms. The molecule has 5 heteroatoms. The summed E-state index contributed by atoms with van der Waals surface area (Å²) in [5.74, 6) is 2.04. The first-order chi connectivity index (χ1) is 10.6. The molecule has 1 aliphatic heterocycles. The Morgan fingerprint density at radius 1 is 1.23 bits per heavy atom. The fourth-order valence-corrected chi connectivity index (χ4v) is 3.04. The lowest BCUT2D eigenvalue weighted by Gasteiger charge is -2.19. The minimum atomic E-state index is 0.00686. The zero-order valence-electron chi connectivity index (χ0n) is 12.9. The van der Waals surface area contributed by atoms with Crippen LogP contribution in [0.3, 0.4) is 0 Å². The molecular formula is C17H19N3O2. The Morgan fingerprint density at radius 3 is 2.82 bits per heavy atom. The second kappa shape index (κ2) is 4.93. The van der Waals surface area contributed by atoms with Gasteiger partial charge in [0.1, 0.15) is 0 Å². The van der Waals surface area contributed by atoms with Crippen LogP contribution in [-0.2, 0) is 4.79 Å². The zero-order chi connectivity index (χ0) is 15.3. The highest BCUT2D eigenvalue weighted by atomic mass is 16.5. The molecule has 1 amide bonds. The first kappa shape index (κ1) is 13.5. The predicted molar refractivity (Wildman–Crippen MR) is 81.9 cm³/mol. The molecule has 2 aliphatic rings. The van der Waals surface area contributed by atoms with Crippen molar-refractivity contribution in [2.45, 2.75) is 44.9 Å². The topological polar surface area (TPSA) is 59.2 Å². The second-order valence-electron chi connectivity index (χ2n) is 6.46. The number of hydrogen-bond acceptors (Lipinski definition) is 4. The molecule has 4 rings (SSSR count). The highest BCUT2D eigenvalue weighted by Crippen LogP contribution is 2.39. The van der Waals surface area contributed by atoms with E-state index in [9.17, 15) is 4.79 Å². The van der Waals surface area contributed by atoms with Crippen LogP contribution in [0.1, 0.15) is 53.9 Å². The number of benzene rings is 1. The number of rotatable bonds is 3. The first-order valence-electron chi connectivity index (χ1n) is 7.83. The Balaban J connectivity index is 1.58. The smallest absolute Gasteiger partial charge is 0.232 e. The quantitative estimate of drug-likeness (QED) is 0.873. The van der Waals surface area contributed by atoms with Gasteiger partial charge in [0.05, 0.1) is 5.92 Å². The van der Waals surface area contributed by atoms with Gasteiger partial charge in [0.25, 0.3) is 0 Å². The van der Waals surface area contributed by atoms with Gasteiger partial charge < -0.3 is 9.42 Å². The number of carbonyl (C=O) groups excluding carboxylic acids is 1. The van der Waals surface area contributed by atoms with Gasteiger partial charge in [-0.2, -0.15) is 4.98 Å². The Hall–Kier alpha value is -2.17.